The highest BCUT2D eigenvalue weighted by atomic mass is 19.4. The molecule has 0 fully saturated rings. The number of amides is 1. The Morgan fingerprint density at radius 2 is 1.94 bits per heavy atom. The molecule has 1 aromatic rings. The van der Waals surface area contributed by atoms with Crippen LogP contribution in [-0.2, 0) is 11.0 Å². The molecule has 0 aliphatic carbocycles. The molecule has 0 atom stereocenters. The van der Waals surface area contributed by atoms with Gasteiger partial charge in [-0.25, -0.2) is 0 Å². The van der Waals surface area contributed by atoms with Crippen LogP contribution in [0.3, 0.4) is 0 Å². The highest BCUT2D eigenvalue weighted by Crippen LogP contribution is 2.39. The van der Waals surface area contributed by atoms with Gasteiger partial charge in [-0.3, -0.25) is 14.9 Å². The molecule has 0 aliphatic heterocycles. The van der Waals surface area contributed by atoms with E-state index in [1.54, 1.807) is 0 Å². The molecule has 0 spiro atoms. The summed E-state index contributed by atoms with van der Waals surface area (Å²) in [4.78, 5) is 20.3. The smallest absolute Gasteiger partial charge is 0.326 e. The molecule has 0 heterocycles. The van der Waals surface area contributed by atoms with Gasteiger partial charge in [-0.1, -0.05) is 0 Å². The summed E-state index contributed by atoms with van der Waals surface area (Å²) in [6.45, 7) is 2.31. The Kier molecular flexibility index (Phi) is 3.59. The number of rotatable bonds is 2. The minimum atomic E-state index is -4.86. The first kappa shape index (κ1) is 13.9. The fraction of sp³-hybridized carbons (Fsp3) is 0.300. The van der Waals surface area contributed by atoms with Crippen molar-refractivity contribution in [1.29, 1.82) is 0 Å². The number of nitro groups is 1. The third kappa shape index (κ3) is 2.96. The Morgan fingerprint density at radius 1 is 1.39 bits per heavy atom. The predicted octanol–water partition coefficient (Wildman–Crippen LogP) is 2.88. The number of nitrogens with one attached hydrogen (secondary N) is 1. The van der Waals surface area contributed by atoms with Crippen molar-refractivity contribution in [2.75, 3.05) is 5.32 Å². The van der Waals surface area contributed by atoms with E-state index in [1.165, 1.54) is 6.92 Å². The number of nitro benzene ring substituents is 1. The fourth-order valence-corrected chi connectivity index (χ4v) is 1.51. The summed E-state index contributed by atoms with van der Waals surface area (Å²) in [6, 6.07) is 1.67. The molecule has 0 saturated carbocycles. The Balaban J connectivity index is 3.47. The SMILES string of the molecule is CC(=O)Nc1cc(C)c([N+](=O)[O-])c(C(F)(F)F)c1. The van der Waals surface area contributed by atoms with Crippen LogP contribution >= 0.6 is 0 Å². The number of benzene rings is 1. The van der Waals surface area contributed by atoms with Crippen molar-refractivity contribution in [3.05, 3.63) is 33.4 Å². The number of hydrogen-bond donors (Lipinski definition) is 1. The van der Waals surface area contributed by atoms with Gasteiger partial charge in [0.05, 0.1) is 4.92 Å². The number of carbonyl (C=O) groups is 1. The van der Waals surface area contributed by atoms with E-state index in [9.17, 15) is 28.1 Å². The Morgan fingerprint density at radius 3 is 2.33 bits per heavy atom. The van der Waals surface area contributed by atoms with Gasteiger partial charge in [0, 0.05) is 18.2 Å². The summed E-state index contributed by atoms with van der Waals surface area (Å²) in [7, 11) is 0. The fourth-order valence-electron chi connectivity index (χ4n) is 1.51. The highest BCUT2D eigenvalue weighted by Gasteiger charge is 2.39. The van der Waals surface area contributed by atoms with Crippen molar-refractivity contribution in [3.8, 4) is 0 Å². The van der Waals surface area contributed by atoms with E-state index in [-0.39, 0.29) is 11.3 Å². The minimum absolute atomic E-state index is 0.127. The van der Waals surface area contributed by atoms with Crippen LogP contribution in [0.25, 0.3) is 0 Å². The van der Waals surface area contributed by atoms with E-state index < -0.39 is 28.3 Å². The van der Waals surface area contributed by atoms with Crippen LogP contribution in [0.4, 0.5) is 24.5 Å². The normalized spacial score (nSPS) is 11.2. The van der Waals surface area contributed by atoms with Crippen molar-refractivity contribution in [2.24, 2.45) is 0 Å². The molecule has 0 unspecified atom stereocenters. The Bertz CT molecular complexity index is 512. The van der Waals surface area contributed by atoms with Crippen molar-refractivity contribution < 1.29 is 22.9 Å². The van der Waals surface area contributed by atoms with E-state index in [4.69, 9.17) is 0 Å². The van der Waals surface area contributed by atoms with E-state index in [0.29, 0.717) is 6.07 Å². The molecule has 8 heteroatoms. The highest BCUT2D eigenvalue weighted by molar-refractivity contribution is 5.89. The van der Waals surface area contributed by atoms with Crippen molar-refractivity contribution >= 4 is 17.3 Å². The maximum atomic E-state index is 12.7. The molecule has 0 aromatic heterocycles. The predicted molar refractivity (Wildman–Crippen MR) is 57.1 cm³/mol. The van der Waals surface area contributed by atoms with Crippen LogP contribution in [0.2, 0.25) is 0 Å². The summed E-state index contributed by atoms with van der Waals surface area (Å²) in [6.07, 6.45) is -4.86. The molecule has 5 nitrogen and oxygen atoms in total. The molecule has 98 valence electrons. The van der Waals surface area contributed by atoms with E-state index >= 15 is 0 Å². The lowest BCUT2D eigenvalue weighted by Gasteiger charge is -2.12. The molecule has 1 aromatic carbocycles. The number of anilines is 1. The summed E-state index contributed by atoms with van der Waals surface area (Å²) >= 11 is 0. The summed E-state index contributed by atoms with van der Waals surface area (Å²) in [5.41, 5.74) is -2.68. The number of hydrogen-bond acceptors (Lipinski definition) is 3. The Labute approximate surface area is 99.8 Å². The average Bonchev–Trinajstić information content (AvgIpc) is 2.12. The number of carbonyl (C=O) groups excluding carboxylic acids is 1. The molecule has 0 saturated heterocycles. The standard InChI is InChI=1S/C10H9F3N2O3/c1-5-3-7(14-6(2)16)4-8(10(11,12)13)9(5)15(17)18/h3-4H,1-2H3,(H,14,16). The lowest BCUT2D eigenvalue weighted by Crippen LogP contribution is -2.13. The van der Waals surface area contributed by atoms with Gasteiger partial charge in [0.25, 0.3) is 5.69 Å². The number of alkyl halides is 3. The number of nitrogens with zero attached hydrogens (tertiary/aromatic N) is 1. The molecule has 1 rings (SSSR count). The third-order valence-electron chi connectivity index (χ3n) is 2.11. The lowest BCUT2D eigenvalue weighted by atomic mass is 10.1. The minimum Gasteiger partial charge on any atom is -0.326 e. The largest absolute Gasteiger partial charge is 0.423 e. The maximum absolute atomic E-state index is 12.7. The lowest BCUT2D eigenvalue weighted by molar-refractivity contribution is -0.388. The molecule has 18 heavy (non-hydrogen) atoms. The monoisotopic (exact) mass is 262 g/mol. The molecule has 1 amide bonds. The van der Waals surface area contributed by atoms with Crippen molar-refractivity contribution in [3.63, 3.8) is 0 Å². The van der Waals surface area contributed by atoms with Gasteiger partial charge in [0.1, 0.15) is 5.56 Å². The zero-order valence-corrected chi connectivity index (χ0v) is 9.46. The van der Waals surface area contributed by atoms with E-state index in [2.05, 4.69) is 5.32 Å². The maximum Gasteiger partial charge on any atom is 0.423 e. The Hall–Kier alpha value is -2.12. The number of aryl methyl sites for hydroxylation is 1. The van der Waals surface area contributed by atoms with Crippen LogP contribution in [-0.4, -0.2) is 10.8 Å². The molecule has 0 radical (unpaired) electrons. The van der Waals surface area contributed by atoms with Gasteiger partial charge >= 0.3 is 6.18 Å². The zero-order valence-electron chi connectivity index (χ0n) is 9.46. The quantitative estimate of drug-likeness (QED) is 0.657. The topological polar surface area (TPSA) is 72.2 Å². The molecule has 1 N–H and O–H groups in total. The molecule has 0 bridgehead atoms. The summed E-state index contributed by atoms with van der Waals surface area (Å²) in [5.74, 6) is -0.559. The van der Waals surface area contributed by atoms with Crippen LogP contribution < -0.4 is 5.32 Å². The van der Waals surface area contributed by atoms with Gasteiger partial charge in [-0.2, -0.15) is 13.2 Å². The van der Waals surface area contributed by atoms with Crippen LogP contribution in [0, 0.1) is 17.0 Å². The average molecular weight is 262 g/mol. The molecule has 0 aliphatic rings. The van der Waals surface area contributed by atoms with Gasteiger partial charge in [-0.15, -0.1) is 0 Å². The van der Waals surface area contributed by atoms with E-state index in [1.807, 2.05) is 0 Å². The van der Waals surface area contributed by atoms with Gasteiger partial charge in [-0.05, 0) is 19.1 Å². The van der Waals surface area contributed by atoms with Crippen LogP contribution in [0.15, 0.2) is 12.1 Å². The van der Waals surface area contributed by atoms with Crippen molar-refractivity contribution in [1.82, 2.24) is 0 Å². The molecular formula is C10H9F3N2O3. The summed E-state index contributed by atoms with van der Waals surface area (Å²) in [5, 5.41) is 12.8. The van der Waals surface area contributed by atoms with Crippen molar-refractivity contribution in [2.45, 2.75) is 20.0 Å². The second-order valence-corrected chi connectivity index (χ2v) is 3.63. The van der Waals surface area contributed by atoms with Crippen LogP contribution in [0.5, 0.6) is 0 Å². The van der Waals surface area contributed by atoms with Gasteiger partial charge in [0.2, 0.25) is 5.91 Å². The van der Waals surface area contributed by atoms with Gasteiger partial charge in [0.15, 0.2) is 0 Å². The van der Waals surface area contributed by atoms with Crippen LogP contribution in [0.1, 0.15) is 18.1 Å². The first-order valence-corrected chi connectivity index (χ1v) is 4.76. The second-order valence-electron chi connectivity index (χ2n) is 3.63. The van der Waals surface area contributed by atoms with Gasteiger partial charge < -0.3 is 5.32 Å². The molecular weight excluding hydrogens is 253 g/mol. The third-order valence-corrected chi connectivity index (χ3v) is 2.11. The zero-order chi connectivity index (χ0) is 14.1. The number of halogens is 3. The van der Waals surface area contributed by atoms with E-state index in [0.717, 1.165) is 13.0 Å². The first-order valence-electron chi connectivity index (χ1n) is 4.76. The first-order chi connectivity index (χ1) is 8.12. The second kappa shape index (κ2) is 4.63. The summed E-state index contributed by atoms with van der Waals surface area (Å²) < 4.78 is 38.1.